The van der Waals surface area contributed by atoms with Crippen molar-refractivity contribution < 1.29 is 4.39 Å². The van der Waals surface area contributed by atoms with Crippen LogP contribution >= 0.6 is 15.9 Å². The largest absolute Gasteiger partial charge is 0.297 e. The molecule has 1 aliphatic heterocycles. The first-order valence-electron chi connectivity index (χ1n) is 8.02. The van der Waals surface area contributed by atoms with Gasteiger partial charge in [0.05, 0.1) is 16.1 Å². The van der Waals surface area contributed by atoms with Gasteiger partial charge in [0.1, 0.15) is 5.82 Å². The molecule has 0 unspecified atom stereocenters. The molecule has 0 spiro atoms. The molecule has 0 saturated carbocycles. The maximum atomic E-state index is 14.1. The van der Waals surface area contributed by atoms with E-state index < -0.39 is 0 Å². The lowest BCUT2D eigenvalue weighted by atomic mass is 10.1. The average molecular weight is 388 g/mol. The highest BCUT2D eigenvalue weighted by Gasteiger charge is 2.18. The van der Waals surface area contributed by atoms with E-state index in [2.05, 4.69) is 31.8 Å². The third-order valence-electron chi connectivity index (χ3n) is 4.38. The lowest BCUT2D eigenvalue weighted by Gasteiger charge is -2.34. The van der Waals surface area contributed by atoms with E-state index in [1.165, 1.54) is 5.56 Å². The summed E-state index contributed by atoms with van der Waals surface area (Å²) in [6, 6.07) is 15.4. The minimum atomic E-state index is -0.155. The molecule has 2 aromatic rings. The Morgan fingerprint density at radius 3 is 2.21 bits per heavy atom. The summed E-state index contributed by atoms with van der Waals surface area (Å²) in [5.74, 6) is -0.155. The lowest BCUT2D eigenvalue weighted by molar-refractivity contribution is 0.121. The van der Waals surface area contributed by atoms with Gasteiger partial charge in [0.15, 0.2) is 0 Å². The van der Waals surface area contributed by atoms with Crippen molar-refractivity contribution in [3.63, 3.8) is 0 Å². The van der Waals surface area contributed by atoms with Crippen molar-refractivity contribution in [2.75, 3.05) is 26.2 Å². The van der Waals surface area contributed by atoms with Crippen LogP contribution < -0.4 is 0 Å². The van der Waals surface area contributed by atoms with Gasteiger partial charge in [-0.15, -0.1) is 0 Å². The average Bonchev–Trinajstić information content (AvgIpc) is 2.61. The van der Waals surface area contributed by atoms with Crippen molar-refractivity contribution in [3.8, 4) is 6.07 Å². The highest BCUT2D eigenvalue weighted by atomic mass is 79.9. The van der Waals surface area contributed by atoms with Crippen LogP contribution in [-0.4, -0.2) is 36.0 Å². The normalized spacial score (nSPS) is 16.0. The molecule has 0 aromatic heterocycles. The van der Waals surface area contributed by atoms with Gasteiger partial charge in [-0.3, -0.25) is 9.80 Å². The molecule has 1 heterocycles. The Hall–Kier alpha value is -1.74. The van der Waals surface area contributed by atoms with Crippen molar-refractivity contribution in [1.82, 2.24) is 9.80 Å². The van der Waals surface area contributed by atoms with Gasteiger partial charge >= 0.3 is 0 Å². The second-order valence-corrected chi connectivity index (χ2v) is 6.93. The van der Waals surface area contributed by atoms with E-state index in [-0.39, 0.29) is 5.82 Å². The molecular weight excluding hydrogens is 369 g/mol. The van der Waals surface area contributed by atoms with Gasteiger partial charge in [0.2, 0.25) is 0 Å². The van der Waals surface area contributed by atoms with Crippen LogP contribution in [0, 0.1) is 17.1 Å². The molecule has 1 saturated heterocycles. The molecule has 124 valence electrons. The van der Waals surface area contributed by atoms with Crippen LogP contribution in [0.25, 0.3) is 0 Å². The van der Waals surface area contributed by atoms with Crippen LogP contribution in [-0.2, 0) is 13.1 Å². The maximum Gasteiger partial charge on any atom is 0.141 e. The predicted molar refractivity (Wildman–Crippen MR) is 95.8 cm³/mol. The zero-order valence-electron chi connectivity index (χ0n) is 13.4. The van der Waals surface area contributed by atoms with E-state index in [9.17, 15) is 4.39 Å². The molecule has 0 bridgehead atoms. The number of benzene rings is 2. The summed E-state index contributed by atoms with van der Waals surface area (Å²) in [5.41, 5.74) is 2.66. The number of hydrogen-bond acceptors (Lipinski definition) is 3. The van der Waals surface area contributed by atoms with Crippen molar-refractivity contribution in [3.05, 3.63) is 69.4 Å². The van der Waals surface area contributed by atoms with Gasteiger partial charge in [0.25, 0.3) is 0 Å². The zero-order chi connectivity index (χ0) is 16.9. The molecule has 0 aliphatic carbocycles. The predicted octanol–water partition coefficient (Wildman–Crippen LogP) is 3.78. The summed E-state index contributed by atoms with van der Waals surface area (Å²) in [4.78, 5) is 4.69. The van der Waals surface area contributed by atoms with Crippen LogP contribution in [0.5, 0.6) is 0 Å². The Balaban J connectivity index is 1.52. The highest BCUT2D eigenvalue weighted by molar-refractivity contribution is 9.10. The third-order valence-corrected chi connectivity index (χ3v) is 4.99. The van der Waals surface area contributed by atoms with Crippen LogP contribution in [0.15, 0.2) is 46.9 Å². The Bertz CT molecular complexity index is 731. The fraction of sp³-hybridized carbons (Fsp3) is 0.316. The Kier molecular flexibility index (Phi) is 5.62. The van der Waals surface area contributed by atoms with Crippen molar-refractivity contribution in [1.29, 1.82) is 5.26 Å². The Labute approximate surface area is 150 Å². The van der Waals surface area contributed by atoms with Crippen molar-refractivity contribution >= 4 is 15.9 Å². The number of nitriles is 1. The third kappa shape index (κ3) is 4.21. The molecular formula is C19H19BrFN3. The van der Waals surface area contributed by atoms with Gasteiger partial charge in [0, 0.05) is 44.8 Å². The monoisotopic (exact) mass is 387 g/mol. The molecule has 0 radical (unpaired) electrons. The first-order chi connectivity index (χ1) is 11.7. The molecule has 1 aliphatic rings. The molecule has 3 nitrogen and oxygen atoms in total. The fourth-order valence-corrected chi connectivity index (χ4v) is 3.37. The molecule has 24 heavy (non-hydrogen) atoms. The SMILES string of the molecule is N#Cc1ccc(CN2CCN(Cc3cccc(Br)c3F)CC2)cc1. The van der Waals surface area contributed by atoms with Crippen LogP contribution in [0.1, 0.15) is 16.7 Å². The molecule has 0 amide bonds. The molecule has 5 heteroatoms. The van der Waals surface area contributed by atoms with Gasteiger partial charge in [-0.25, -0.2) is 4.39 Å². The number of rotatable bonds is 4. The van der Waals surface area contributed by atoms with Gasteiger partial charge in [-0.05, 0) is 39.7 Å². The lowest BCUT2D eigenvalue weighted by Crippen LogP contribution is -2.45. The Morgan fingerprint density at radius 1 is 0.958 bits per heavy atom. The first kappa shape index (κ1) is 17.1. The van der Waals surface area contributed by atoms with Crippen molar-refractivity contribution in [2.24, 2.45) is 0 Å². The smallest absolute Gasteiger partial charge is 0.141 e. The summed E-state index contributed by atoms with van der Waals surface area (Å²) in [6.45, 7) is 5.34. The molecule has 3 rings (SSSR count). The van der Waals surface area contributed by atoms with Crippen LogP contribution in [0.4, 0.5) is 4.39 Å². The zero-order valence-corrected chi connectivity index (χ0v) is 15.0. The van der Waals surface area contributed by atoms with E-state index in [1.807, 2.05) is 36.4 Å². The number of halogens is 2. The second-order valence-electron chi connectivity index (χ2n) is 6.07. The summed E-state index contributed by atoms with van der Waals surface area (Å²) >= 11 is 3.25. The standard InChI is InChI=1S/C19H19BrFN3/c20-18-3-1-2-17(19(18)21)14-24-10-8-23(9-11-24)13-16-6-4-15(12-22)5-7-16/h1-7H,8-11,13-14H2. The summed E-state index contributed by atoms with van der Waals surface area (Å²) in [6.07, 6.45) is 0. The van der Waals surface area contributed by atoms with E-state index >= 15 is 0 Å². The first-order valence-corrected chi connectivity index (χ1v) is 8.81. The number of nitrogens with zero attached hydrogens (tertiary/aromatic N) is 3. The highest BCUT2D eigenvalue weighted by Crippen LogP contribution is 2.20. The Morgan fingerprint density at radius 2 is 1.58 bits per heavy atom. The summed E-state index contributed by atoms with van der Waals surface area (Å²) in [5, 5.41) is 8.84. The number of hydrogen-bond donors (Lipinski definition) is 0. The minimum Gasteiger partial charge on any atom is -0.297 e. The number of piperazine rings is 1. The van der Waals surface area contributed by atoms with E-state index in [1.54, 1.807) is 6.07 Å². The van der Waals surface area contributed by atoms with E-state index in [4.69, 9.17) is 5.26 Å². The second kappa shape index (κ2) is 7.89. The van der Waals surface area contributed by atoms with Crippen molar-refractivity contribution in [2.45, 2.75) is 13.1 Å². The topological polar surface area (TPSA) is 30.3 Å². The van der Waals surface area contributed by atoms with Crippen LogP contribution in [0.2, 0.25) is 0 Å². The fourth-order valence-electron chi connectivity index (χ4n) is 2.96. The van der Waals surface area contributed by atoms with Gasteiger partial charge < -0.3 is 0 Å². The molecule has 0 N–H and O–H groups in total. The van der Waals surface area contributed by atoms with Gasteiger partial charge in [-0.1, -0.05) is 24.3 Å². The quantitative estimate of drug-likeness (QED) is 0.799. The van der Waals surface area contributed by atoms with Crippen LogP contribution in [0.3, 0.4) is 0 Å². The molecule has 1 fully saturated rings. The summed E-state index contributed by atoms with van der Waals surface area (Å²) in [7, 11) is 0. The van der Waals surface area contributed by atoms with E-state index in [0.717, 1.165) is 38.3 Å². The molecule has 2 aromatic carbocycles. The molecule has 0 atom stereocenters. The minimum absolute atomic E-state index is 0.155. The maximum absolute atomic E-state index is 14.1. The van der Waals surface area contributed by atoms with Gasteiger partial charge in [-0.2, -0.15) is 5.26 Å². The summed E-state index contributed by atoms with van der Waals surface area (Å²) < 4.78 is 14.6. The van der Waals surface area contributed by atoms with E-state index in [0.29, 0.717) is 16.6 Å².